The molecule has 10 heteroatoms. The van der Waals surface area contributed by atoms with Gasteiger partial charge in [-0.1, -0.05) is 24.3 Å². The number of aryl methyl sites for hydroxylation is 1. The fourth-order valence-electron chi connectivity index (χ4n) is 5.22. The number of aromatic nitrogens is 5. The number of furan rings is 1. The molecule has 2 aromatic carbocycles. The topological polar surface area (TPSA) is 102 Å². The van der Waals surface area contributed by atoms with Crippen molar-refractivity contribution in [3.8, 4) is 0 Å². The Hall–Kier alpha value is -4.15. The van der Waals surface area contributed by atoms with E-state index in [0.29, 0.717) is 43.4 Å². The zero-order valence-corrected chi connectivity index (χ0v) is 21.6. The van der Waals surface area contributed by atoms with Crippen LogP contribution in [-0.2, 0) is 24.4 Å². The number of rotatable bonds is 9. The van der Waals surface area contributed by atoms with Crippen LogP contribution in [0.3, 0.4) is 0 Å². The summed E-state index contributed by atoms with van der Waals surface area (Å²) in [6.07, 6.45) is 3.53. The second-order valence-electron chi connectivity index (χ2n) is 10.0. The minimum absolute atomic E-state index is 0.00128. The van der Waals surface area contributed by atoms with E-state index in [1.165, 1.54) is 12.1 Å². The van der Waals surface area contributed by atoms with Crippen LogP contribution in [0.1, 0.15) is 47.2 Å². The van der Waals surface area contributed by atoms with Gasteiger partial charge in [0.25, 0.3) is 5.56 Å². The third-order valence-electron chi connectivity index (χ3n) is 7.13. The van der Waals surface area contributed by atoms with Gasteiger partial charge in [-0.05, 0) is 83.1 Å². The van der Waals surface area contributed by atoms with E-state index in [0.717, 1.165) is 34.9 Å². The largest absolute Gasteiger partial charge is 0.468 e. The molecule has 1 aliphatic rings. The van der Waals surface area contributed by atoms with Crippen LogP contribution in [0.5, 0.6) is 0 Å². The number of tetrazole rings is 1. The molecule has 1 fully saturated rings. The van der Waals surface area contributed by atoms with Gasteiger partial charge in [-0.15, -0.1) is 5.10 Å². The molecule has 6 rings (SSSR count). The summed E-state index contributed by atoms with van der Waals surface area (Å²) in [4.78, 5) is 18.8. The van der Waals surface area contributed by atoms with Crippen molar-refractivity contribution in [3.05, 3.63) is 111 Å². The van der Waals surface area contributed by atoms with Crippen molar-refractivity contribution >= 4 is 10.9 Å². The predicted molar refractivity (Wildman–Crippen MR) is 142 cm³/mol. The van der Waals surface area contributed by atoms with Gasteiger partial charge < -0.3 is 14.1 Å². The Bertz CT molecular complexity index is 1610. The van der Waals surface area contributed by atoms with E-state index in [2.05, 4.69) is 25.4 Å². The molecule has 3 aromatic heterocycles. The molecule has 1 saturated heterocycles. The Labute approximate surface area is 224 Å². The number of ether oxygens (including phenoxy) is 1. The van der Waals surface area contributed by atoms with Crippen LogP contribution in [-0.4, -0.2) is 42.8 Å². The second kappa shape index (κ2) is 10.9. The Balaban J connectivity index is 1.49. The summed E-state index contributed by atoms with van der Waals surface area (Å²) in [6, 6.07) is 17.3. The molecule has 0 aliphatic carbocycles. The lowest BCUT2D eigenvalue weighted by Gasteiger charge is -2.30. The molecule has 0 saturated carbocycles. The monoisotopic (exact) mass is 528 g/mol. The Morgan fingerprint density at radius 2 is 2.03 bits per heavy atom. The number of fused-ring (bicyclic) bond motifs is 1. The molecular weight excluding hydrogens is 499 g/mol. The molecule has 4 heterocycles. The van der Waals surface area contributed by atoms with Crippen LogP contribution >= 0.6 is 0 Å². The van der Waals surface area contributed by atoms with Crippen LogP contribution in [0, 0.1) is 12.7 Å². The molecule has 0 amide bonds. The SMILES string of the molecule is Cc1ccc2cc([C@H](c3nnnn3C[C@@H]3CCCO3)N(Cc3ccc(F)cc3)Cc3ccco3)c(=O)[nH]c2c1. The summed E-state index contributed by atoms with van der Waals surface area (Å²) >= 11 is 0. The Kier molecular flexibility index (Phi) is 7.04. The van der Waals surface area contributed by atoms with Crippen molar-refractivity contribution in [2.24, 2.45) is 0 Å². The van der Waals surface area contributed by atoms with E-state index in [4.69, 9.17) is 9.15 Å². The molecular formula is C29H29FN6O3. The second-order valence-corrected chi connectivity index (χ2v) is 10.0. The van der Waals surface area contributed by atoms with E-state index in [-0.39, 0.29) is 17.5 Å². The highest BCUT2D eigenvalue weighted by Crippen LogP contribution is 2.31. The molecule has 39 heavy (non-hydrogen) atoms. The van der Waals surface area contributed by atoms with Crippen molar-refractivity contribution in [1.82, 2.24) is 30.1 Å². The lowest BCUT2D eigenvalue weighted by Crippen LogP contribution is -2.35. The van der Waals surface area contributed by atoms with Gasteiger partial charge in [0.1, 0.15) is 17.6 Å². The fourth-order valence-corrected chi connectivity index (χ4v) is 5.22. The Morgan fingerprint density at radius 1 is 1.15 bits per heavy atom. The number of aromatic amines is 1. The van der Waals surface area contributed by atoms with E-state index in [9.17, 15) is 9.18 Å². The summed E-state index contributed by atoms with van der Waals surface area (Å²) in [5, 5.41) is 13.6. The lowest BCUT2D eigenvalue weighted by molar-refractivity contribution is 0.0901. The average molecular weight is 529 g/mol. The zero-order valence-electron chi connectivity index (χ0n) is 21.6. The number of hydrogen-bond donors (Lipinski definition) is 1. The van der Waals surface area contributed by atoms with Crippen LogP contribution in [0.4, 0.5) is 4.39 Å². The molecule has 200 valence electrons. The van der Waals surface area contributed by atoms with Crippen LogP contribution < -0.4 is 5.56 Å². The number of hydrogen-bond acceptors (Lipinski definition) is 7. The lowest BCUT2D eigenvalue weighted by atomic mass is 10.0. The van der Waals surface area contributed by atoms with Crippen LogP contribution in [0.25, 0.3) is 10.9 Å². The van der Waals surface area contributed by atoms with Gasteiger partial charge in [-0.25, -0.2) is 9.07 Å². The van der Waals surface area contributed by atoms with Crippen molar-refractivity contribution in [2.75, 3.05) is 6.61 Å². The minimum atomic E-state index is -0.633. The molecule has 9 nitrogen and oxygen atoms in total. The maximum atomic E-state index is 13.7. The van der Waals surface area contributed by atoms with Gasteiger partial charge in [-0.2, -0.15) is 0 Å². The summed E-state index contributed by atoms with van der Waals surface area (Å²) in [7, 11) is 0. The number of benzene rings is 2. The van der Waals surface area contributed by atoms with E-state index in [1.54, 1.807) is 23.1 Å². The van der Waals surface area contributed by atoms with E-state index >= 15 is 0 Å². The molecule has 0 spiro atoms. The smallest absolute Gasteiger partial charge is 0.253 e. The van der Waals surface area contributed by atoms with Crippen LogP contribution in [0.2, 0.25) is 0 Å². The number of H-pyrrole nitrogens is 1. The first-order valence-electron chi connectivity index (χ1n) is 13.1. The van der Waals surface area contributed by atoms with Gasteiger partial charge in [0.05, 0.1) is 25.5 Å². The zero-order chi connectivity index (χ0) is 26.8. The van der Waals surface area contributed by atoms with E-state index < -0.39 is 6.04 Å². The van der Waals surface area contributed by atoms with Crippen molar-refractivity contribution < 1.29 is 13.5 Å². The first kappa shape index (κ1) is 25.1. The first-order valence-corrected chi connectivity index (χ1v) is 13.1. The summed E-state index contributed by atoms with van der Waals surface area (Å²) in [5.74, 6) is 0.930. The number of nitrogens with one attached hydrogen (secondary N) is 1. The summed E-state index contributed by atoms with van der Waals surface area (Å²) < 4.78 is 27.0. The number of pyridine rings is 1. The van der Waals surface area contributed by atoms with Crippen LogP contribution in [0.15, 0.2) is 76.1 Å². The Morgan fingerprint density at radius 3 is 2.79 bits per heavy atom. The maximum absolute atomic E-state index is 13.7. The van der Waals surface area contributed by atoms with Gasteiger partial charge in [0.2, 0.25) is 0 Å². The standard InChI is InChI=1S/C29H29FN6O3/c1-19-6-9-21-15-25(29(37)31-26(21)14-19)27(28-32-33-34-36(28)18-24-5-3-13-39-24)35(17-23-4-2-12-38-23)16-20-7-10-22(30)11-8-20/h2,4,6-12,14-15,24,27H,3,5,13,16-18H2,1H3,(H,31,37)/t24-,27+/m0/s1. The van der Waals surface area contributed by atoms with Gasteiger partial charge in [0, 0.05) is 24.2 Å². The number of halogens is 1. The summed E-state index contributed by atoms with van der Waals surface area (Å²) in [5.41, 5.74) is 2.96. The third kappa shape index (κ3) is 5.52. The third-order valence-corrected chi connectivity index (χ3v) is 7.13. The molecule has 2 atom stereocenters. The van der Waals surface area contributed by atoms with Crippen molar-refractivity contribution in [1.29, 1.82) is 0 Å². The molecule has 0 radical (unpaired) electrons. The van der Waals surface area contributed by atoms with Crippen molar-refractivity contribution in [2.45, 2.75) is 51.5 Å². The van der Waals surface area contributed by atoms with Gasteiger partial charge >= 0.3 is 0 Å². The fraction of sp³-hybridized carbons (Fsp3) is 0.310. The van der Waals surface area contributed by atoms with Gasteiger partial charge in [0.15, 0.2) is 5.82 Å². The predicted octanol–water partition coefficient (Wildman–Crippen LogP) is 4.53. The average Bonchev–Trinajstić information content (AvgIpc) is 3.71. The highest BCUT2D eigenvalue weighted by atomic mass is 19.1. The molecule has 1 N–H and O–H groups in total. The van der Waals surface area contributed by atoms with Crippen molar-refractivity contribution in [3.63, 3.8) is 0 Å². The minimum Gasteiger partial charge on any atom is -0.468 e. The molecule has 5 aromatic rings. The first-order chi connectivity index (χ1) is 19.0. The van der Waals surface area contributed by atoms with E-state index in [1.807, 2.05) is 43.3 Å². The quantitative estimate of drug-likeness (QED) is 0.300. The highest BCUT2D eigenvalue weighted by molar-refractivity contribution is 5.79. The van der Waals surface area contributed by atoms with Gasteiger partial charge in [-0.3, -0.25) is 9.69 Å². The molecule has 0 unspecified atom stereocenters. The highest BCUT2D eigenvalue weighted by Gasteiger charge is 2.32. The summed E-state index contributed by atoms with van der Waals surface area (Å²) in [6.45, 7) is 3.94. The molecule has 0 bridgehead atoms. The normalized spacial score (nSPS) is 16.3. The molecule has 1 aliphatic heterocycles. The maximum Gasteiger partial charge on any atom is 0.253 e. The number of nitrogens with zero attached hydrogens (tertiary/aromatic N) is 5.